The molecule has 0 aliphatic rings. The summed E-state index contributed by atoms with van der Waals surface area (Å²) in [4.78, 5) is 23.4. The Morgan fingerprint density at radius 2 is 1.58 bits per heavy atom. The van der Waals surface area contributed by atoms with Crippen LogP contribution in [0.2, 0.25) is 0 Å². The van der Waals surface area contributed by atoms with E-state index in [2.05, 4.69) is 29.1 Å². The molecule has 0 aliphatic heterocycles. The lowest BCUT2D eigenvalue weighted by atomic mass is 10.0. The molecule has 0 saturated heterocycles. The van der Waals surface area contributed by atoms with Gasteiger partial charge in [-0.15, -0.1) is 0 Å². The van der Waals surface area contributed by atoms with Crippen LogP contribution in [-0.4, -0.2) is 25.2 Å². The van der Waals surface area contributed by atoms with E-state index in [4.69, 9.17) is 0 Å². The second-order valence-electron chi connectivity index (χ2n) is 5.59. The first-order valence-electron chi connectivity index (χ1n) is 7.63. The average Bonchev–Trinajstić information content (AvgIpc) is 2.61. The van der Waals surface area contributed by atoms with Gasteiger partial charge in [0.05, 0.1) is 18.9 Å². The number of hydrogen-bond donors (Lipinski definition) is 1. The monoisotopic (exact) mass is 324 g/mol. The van der Waals surface area contributed by atoms with E-state index in [1.165, 1.54) is 18.9 Å². The number of nitrogens with one attached hydrogen (secondary N) is 1. The summed E-state index contributed by atoms with van der Waals surface area (Å²) < 4.78 is 4.63. The normalized spacial score (nSPS) is 10.8. The number of carbonyl (C=O) groups excluding carboxylic acids is 2. The number of hydrazone groups is 1. The number of ether oxygens (including phenoxy) is 1. The molecule has 2 aromatic rings. The number of carbonyl (C=O) groups is 2. The van der Waals surface area contributed by atoms with Gasteiger partial charge < -0.3 is 4.74 Å². The Hall–Kier alpha value is -2.95. The van der Waals surface area contributed by atoms with Crippen molar-refractivity contribution in [1.82, 2.24) is 5.43 Å². The van der Waals surface area contributed by atoms with Gasteiger partial charge >= 0.3 is 5.97 Å². The number of rotatable bonds is 5. The molecule has 0 radical (unpaired) electrons. The summed E-state index contributed by atoms with van der Waals surface area (Å²) in [5, 5.41) is 3.93. The molecule has 1 N–H and O–H groups in total. The number of benzene rings is 2. The lowest BCUT2D eigenvalue weighted by molar-refractivity contribution is 0.0600. The van der Waals surface area contributed by atoms with Gasteiger partial charge in [0.2, 0.25) is 0 Å². The third-order valence-corrected chi connectivity index (χ3v) is 3.55. The second-order valence-corrected chi connectivity index (χ2v) is 5.59. The summed E-state index contributed by atoms with van der Waals surface area (Å²) >= 11 is 0. The zero-order chi connectivity index (χ0) is 17.5. The van der Waals surface area contributed by atoms with Crippen molar-refractivity contribution >= 4 is 18.1 Å². The average molecular weight is 324 g/mol. The zero-order valence-corrected chi connectivity index (χ0v) is 13.9. The molecule has 0 aliphatic carbocycles. The highest BCUT2D eigenvalue weighted by Crippen LogP contribution is 2.14. The molecular weight excluding hydrogens is 304 g/mol. The van der Waals surface area contributed by atoms with E-state index in [1.807, 2.05) is 12.1 Å². The maximum absolute atomic E-state index is 12.0. The molecule has 2 aromatic carbocycles. The fourth-order valence-corrected chi connectivity index (χ4v) is 2.07. The molecule has 0 unspecified atom stereocenters. The fourth-order valence-electron chi connectivity index (χ4n) is 2.07. The van der Waals surface area contributed by atoms with Crippen molar-refractivity contribution in [2.24, 2.45) is 5.10 Å². The summed E-state index contributed by atoms with van der Waals surface area (Å²) in [6, 6.07) is 14.2. The molecule has 24 heavy (non-hydrogen) atoms. The van der Waals surface area contributed by atoms with E-state index in [0.717, 1.165) is 5.56 Å². The minimum absolute atomic E-state index is 0.271. The Morgan fingerprint density at radius 3 is 2.12 bits per heavy atom. The Bertz CT molecular complexity index is 732. The molecule has 0 heterocycles. The van der Waals surface area contributed by atoms with E-state index in [0.29, 0.717) is 17.0 Å². The third kappa shape index (κ3) is 4.52. The molecular formula is C19H20N2O3. The van der Waals surface area contributed by atoms with E-state index < -0.39 is 5.97 Å². The van der Waals surface area contributed by atoms with Gasteiger partial charge in [-0.3, -0.25) is 4.79 Å². The van der Waals surface area contributed by atoms with Gasteiger partial charge in [0, 0.05) is 5.56 Å². The number of nitrogens with zero attached hydrogens (tertiary/aromatic N) is 1. The van der Waals surface area contributed by atoms with E-state index in [-0.39, 0.29) is 5.91 Å². The molecule has 124 valence electrons. The van der Waals surface area contributed by atoms with Gasteiger partial charge in [-0.25, -0.2) is 10.2 Å². The van der Waals surface area contributed by atoms with Crippen molar-refractivity contribution < 1.29 is 14.3 Å². The minimum Gasteiger partial charge on any atom is -0.465 e. The van der Waals surface area contributed by atoms with Crippen LogP contribution in [0.3, 0.4) is 0 Å². The van der Waals surface area contributed by atoms with E-state index in [1.54, 1.807) is 36.4 Å². The highest BCUT2D eigenvalue weighted by atomic mass is 16.5. The highest BCUT2D eigenvalue weighted by Gasteiger charge is 2.06. The molecule has 0 fully saturated rings. The van der Waals surface area contributed by atoms with Crippen LogP contribution in [0.4, 0.5) is 0 Å². The molecule has 2 rings (SSSR count). The summed E-state index contributed by atoms with van der Waals surface area (Å²) in [5.41, 5.74) is 5.44. The van der Waals surface area contributed by atoms with Crippen LogP contribution in [0.1, 0.15) is 51.6 Å². The van der Waals surface area contributed by atoms with Gasteiger partial charge in [-0.2, -0.15) is 5.10 Å². The predicted octanol–water partition coefficient (Wildman–Crippen LogP) is 3.36. The molecule has 5 nitrogen and oxygen atoms in total. The fraction of sp³-hybridized carbons (Fsp3) is 0.211. The van der Waals surface area contributed by atoms with Crippen LogP contribution < -0.4 is 5.43 Å². The standard InChI is InChI=1S/C19H20N2O3/c1-13(2)15-8-10-16(11-9-15)18(22)21-20-12-14-4-6-17(7-5-14)19(23)24-3/h4-13H,1-3H3,(H,21,22). The Kier molecular flexibility index (Phi) is 5.84. The van der Waals surface area contributed by atoms with Gasteiger partial charge in [-0.05, 0) is 41.3 Å². The topological polar surface area (TPSA) is 67.8 Å². The Labute approximate surface area is 141 Å². The lowest BCUT2D eigenvalue weighted by Gasteiger charge is -2.06. The molecule has 1 amide bonds. The predicted molar refractivity (Wildman–Crippen MR) is 93.4 cm³/mol. The first kappa shape index (κ1) is 17.4. The van der Waals surface area contributed by atoms with Crippen molar-refractivity contribution in [3.8, 4) is 0 Å². The maximum atomic E-state index is 12.0. The summed E-state index contributed by atoms with van der Waals surface area (Å²) in [5.74, 6) is -0.238. The van der Waals surface area contributed by atoms with Crippen molar-refractivity contribution in [3.05, 3.63) is 70.8 Å². The maximum Gasteiger partial charge on any atom is 0.337 e. The van der Waals surface area contributed by atoms with Crippen LogP contribution in [0.5, 0.6) is 0 Å². The summed E-state index contributed by atoms with van der Waals surface area (Å²) in [6.45, 7) is 4.20. The summed E-state index contributed by atoms with van der Waals surface area (Å²) in [6.07, 6.45) is 1.52. The van der Waals surface area contributed by atoms with Crippen molar-refractivity contribution in [2.75, 3.05) is 7.11 Å². The molecule has 0 bridgehead atoms. The van der Waals surface area contributed by atoms with E-state index in [9.17, 15) is 9.59 Å². The van der Waals surface area contributed by atoms with Gasteiger partial charge in [0.15, 0.2) is 0 Å². The van der Waals surface area contributed by atoms with Crippen LogP contribution in [0, 0.1) is 0 Å². The number of hydrogen-bond acceptors (Lipinski definition) is 4. The van der Waals surface area contributed by atoms with E-state index >= 15 is 0 Å². The first-order valence-corrected chi connectivity index (χ1v) is 7.63. The highest BCUT2D eigenvalue weighted by molar-refractivity contribution is 5.95. The number of amides is 1. The summed E-state index contributed by atoms with van der Waals surface area (Å²) in [7, 11) is 1.33. The molecule has 5 heteroatoms. The Balaban J connectivity index is 1.95. The number of esters is 1. The van der Waals surface area contributed by atoms with Gasteiger partial charge in [0.1, 0.15) is 0 Å². The van der Waals surface area contributed by atoms with Crippen LogP contribution in [0.15, 0.2) is 53.6 Å². The largest absolute Gasteiger partial charge is 0.465 e. The van der Waals surface area contributed by atoms with Crippen molar-refractivity contribution in [2.45, 2.75) is 19.8 Å². The molecule has 0 saturated carbocycles. The van der Waals surface area contributed by atoms with Crippen LogP contribution in [-0.2, 0) is 4.74 Å². The number of methoxy groups -OCH3 is 1. The first-order chi connectivity index (χ1) is 11.5. The molecule has 0 aromatic heterocycles. The Morgan fingerprint density at radius 1 is 1.00 bits per heavy atom. The van der Waals surface area contributed by atoms with Crippen molar-refractivity contribution in [1.29, 1.82) is 0 Å². The quantitative estimate of drug-likeness (QED) is 0.521. The van der Waals surface area contributed by atoms with Gasteiger partial charge in [0.25, 0.3) is 5.91 Å². The lowest BCUT2D eigenvalue weighted by Crippen LogP contribution is -2.17. The van der Waals surface area contributed by atoms with Crippen molar-refractivity contribution in [3.63, 3.8) is 0 Å². The smallest absolute Gasteiger partial charge is 0.337 e. The van der Waals surface area contributed by atoms with Crippen LogP contribution in [0.25, 0.3) is 0 Å². The second kappa shape index (κ2) is 8.06. The zero-order valence-electron chi connectivity index (χ0n) is 13.9. The molecule has 0 atom stereocenters. The SMILES string of the molecule is COC(=O)c1ccc(C=NNC(=O)c2ccc(C(C)C)cc2)cc1. The minimum atomic E-state index is -0.392. The van der Waals surface area contributed by atoms with Gasteiger partial charge in [-0.1, -0.05) is 38.1 Å². The third-order valence-electron chi connectivity index (χ3n) is 3.55. The van der Waals surface area contributed by atoms with Crippen LogP contribution >= 0.6 is 0 Å². The molecule has 0 spiro atoms.